The monoisotopic (exact) mass is 339 g/mol. The van der Waals surface area contributed by atoms with Gasteiger partial charge in [-0.3, -0.25) is 4.90 Å². The summed E-state index contributed by atoms with van der Waals surface area (Å²) in [6.07, 6.45) is 6.87. The third-order valence-corrected chi connectivity index (χ3v) is 6.27. The Labute approximate surface area is 155 Å². The molecule has 0 aromatic carbocycles. The Hall–Kier alpha value is -0.0400. The number of likely N-dealkylation sites (tertiary alicyclic amines) is 1. The quantitative estimate of drug-likeness (QED) is 0.444. The number of hydrogen-bond donors (Lipinski definition) is 0. The highest BCUT2D eigenvalue weighted by Gasteiger charge is 2.41. The molecule has 1 saturated carbocycles. The molecule has 1 aliphatic heterocycles. The molecule has 0 radical (unpaired) electrons. The first-order valence-electron chi connectivity index (χ1n) is 9.80. The van der Waals surface area contributed by atoms with E-state index in [2.05, 4.69) is 81.2 Å². The van der Waals surface area contributed by atoms with Gasteiger partial charge in [0.1, 0.15) is 0 Å². The first-order chi connectivity index (χ1) is 10.1. The first kappa shape index (κ1) is 24.0. The van der Waals surface area contributed by atoms with E-state index in [-0.39, 0.29) is 7.43 Å². The summed E-state index contributed by atoms with van der Waals surface area (Å²) in [5.41, 5.74) is 1.92. The van der Waals surface area contributed by atoms with Crippen molar-refractivity contribution in [1.29, 1.82) is 0 Å². The highest BCUT2D eigenvalue weighted by Crippen LogP contribution is 2.47. The van der Waals surface area contributed by atoms with Crippen molar-refractivity contribution < 1.29 is 0 Å². The lowest BCUT2D eigenvalue weighted by Crippen LogP contribution is -2.58. The van der Waals surface area contributed by atoms with Crippen LogP contribution in [0.25, 0.3) is 0 Å². The maximum atomic E-state index is 2.53. The molecule has 146 valence electrons. The van der Waals surface area contributed by atoms with Gasteiger partial charge in [-0.15, -0.1) is 0 Å². The summed E-state index contributed by atoms with van der Waals surface area (Å²) in [6.45, 7) is 23.8. The van der Waals surface area contributed by atoms with E-state index in [4.69, 9.17) is 0 Å². The lowest BCUT2D eigenvalue weighted by molar-refractivity contribution is -0.0255. The maximum Gasteiger partial charge on any atom is 0.0158 e. The Morgan fingerprint density at radius 2 is 0.917 bits per heavy atom. The van der Waals surface area contributed by atoms with E-state index in [0.29, 0.717) is 21.9 Å². The summed E-state index contributed by atoms with van der Waals surface area (Å²) >= 11 is 0. The van der Waals surface area contributed by atoms with Crippen molar-refractivity contribution in [1.82, 2.24) is 4.90 Å². The van der Waals surface area contributed by atoms with Crippen LogP contribution in [0.4, 0.5) is 0 Å². The summed E-state index contributed by atoms with van der Waals surface area (Å²) in [5.74, 6) is 1.79. The molecule has 2 rings (SSSR count). The summed E-state index contributed by atoms with van der Waals surface area (Å²) in [7, 11) is 2.26. The van der Waals surface area contributed by atoms with Gasteiger partial charge >= 0.3 is 0 Å². The molecule has 24 heavy (non-hydrogen) atoms. The second kappa shape index (κ2) is 7.68. The lowest BCUT2D eigenvalue weighted by atomic mass is 9.62. The maximum absolute atomic E-state index is 2.53. The molecular weight excluding hydrogens is 290 g/mol. The molecule has 1 heterocycles. The molecule has 0 aromatic heterocycles. The van der Waals surface area contributed by atoms with Crippen LogP contribution >= 0.6 is 0 Å². The van der Waals surface area contributed by atoms with Crippen LogP contribution in [0.5, 0.6) is 0 Å². The van der Waals surface area contributed by atoms with Crippen molar-refractivity contribution >= 4 is 0 Å². The molecule has 1 aliphatic carbocycles. The average Bonchev–Trinajstić information content (AvgIpc) is 2.19. The van der Waals surface area contributed by atoms with Gasteiger partial charge in [-0.05, 0) is 89.5 Å². The van der Waals surface area contributed by atoms with Crippen LogP contribution in [0.2, 0.25) is 0 Å². The van der Waals surface area contributed by atoms with Gasteiger partial charge in [0.05, 0.1) is 0 Å². The van der Waals surface area contributed by atoms with Gasteiger partial charge in [-0.1, -0.05) is 49.0 Å². The van der Waals surface area contributed by atoms with E-state index in [1.54, 1.807) is 0 Å². The van der Waals surface area contributed by atoms with Crippen molar-refractivity contribution in [2.75, 3.05) is 7.05 Å². The molecule has 1 saturated heterocycles. The number of hydrogen-bond acceptors (Lipinski definition) is 1. The molecule has 0 aromatic rings. The van der Waals surface area contributed by atoms with Crippen molar-refractivity contribution in [3.8, 4) is 0 Å². The van der Waals surface area contributed by atoms with Crippen LogP contribution in [0.1, 0.15) is 109 Å². The van der Waals surface area contributed by atoms with Gasteiger partial charge in [0.2, 0.25) is 0 Å². The van der Waals surface area contributed by atoms with Crippen LogP contribution < -0.4 is 0 Å². The minimum absolute atomic E-state index is 0. The number of nitrogens with zero attached hydrogens (tertiary/aromatic N) is 1. The first-order valence-corrected chi connectivity index (χ1v) is 9.80. The zero-order valence-electron chi connectivity index (χ0n) is 18.1. The zero-order chi connectivity index (χ0) is 18.3. The Kier molecular flexibility index (Phi) is 7.67. The molecule has 0 amide bonds. The van der Waals surface area contributed by atoms with Crippen LogP contribution in [-0.4, -0.2) is 23.0 Å². The van der Waals surface area contributed by atoms with E-state index in [0.717, 1.165) is 11.8 Å². The van der Waals surface area contributed by atoms with Crippen molar-refractivity contribution in [2.45, 2.75) is 120 Å². The Bertz CT molecular complexity index is 355. The van der Waals surface area contributed by atoms with E-state index < -0.39 is 0 Å². The molecular formula is C23H49N. The minimum Gasteiger partial charge on any atom is -0.296 e. The van der Waals surface area contributed by atoms with Crippen LogP contribution in [0.3, 0.4) is 0 Å². The minimum atomic E-state index is 0. The Balaban J connectivity index is 0.000000425. The molecule has 0 spiro atoms. The molecule has 0 bridgehead atoms. The molecule has 2 fully saturated rings. The second-order valence-electron chi connectivity index (χ2n) is 11.7. The molecule has 0 atom stereocenters. The van der Waals surface area contributed by atoms with Gasteiger partial charge in [0, 0.05) is 11.1 Å². The van der Waals surface area contributed by atoms with Crippen molar-refractivity contribution in [3.05, 3.63) is 0 Å². The molecule has 1 nitrogen and oxygen atoms in total. The second-order valence-corrected chi connectivity index (χ2v) is 11.7. The van der Waals surface area contributed by atoms with Crippen molar-refractivity contribution in [2.24, 2.45) is 22.7 Å². The molecule has 2 aliphatic rings. The predicted octanol–water partition coefficient (Wildman–Crippen LogP) is 7.40. The normalized spacial score (nSPS) is 29.1. The van der Waals surface area contributed by atoms with E-state index >= 15 is 0 Å². The van der Waals surface area contributed by atoms with Gasteiger partial charge in [-0.25, -0.2) is 0 Å². The fraction of sp³-hybridized carbons (Fsp3) is 1.00. The third kappa shape index (κ3) is 6.70. The van der Waals surface area contributed by atoms with Crippen LogP contribution in [-0.2, 0) is 0 Å². The summed E-state index contributed by atoms with van der Waals surface area (Å²) < 4.78 is 0. The fourth-order valence-corrected chi connectivity index (χ4v) is 6.27. The summed E-state index contributed by atoms with van der Waals surface area (Å²) in [6, 6.07) is 0. The predicted molar refractivity (Wildman–Crippen MR) is 112 cm³/mol. The largest absolute Gasteiger partial charge is 0.296 e. The van der Waals surface area contributed by atoms with Crippen molar-refractivity contribution in [3.63, 3.8) is 0 Å². The number of rotatable bonds is 0. The molecule has 0 unspecified atom stereocenters. The lowest BCUT2D eigenvalue weighted by Gasteiger charge is -2.53. The van der Waals surface area contributed by atoms with Crippen LogP contribution in [0, 0.1) is 22.7 Å². The highest BCUT2D eigenvalue weighted by atomic mass is 15.2. The Morgan fingerprint density at radius 1 is 0.625 bits per heavy atom. The van der Waals surface area contributed by atoms with Crippen LogP contribution in [0.15, 0.2) is 0 Å². The third-order valence-electron chi connectivity index (χ3n) is 6.27. The van der Waals surface area contributed by atoms with Gasteiger partial charge in [0.15, 0.2) is 0 Å². The highest BCUT2D eigenvalue weighted by molar-refractivity contribution is 4.97. The molecule has 1 heteroatoms. The smallest absolute Gasteiger partial charge is 0.0158 e. The van der Waals surface area contributed by atoms with E-state index in [1.165, 1.54) is 32.1 Å². The van der Waals surface area contributed by atoms with Gasteiger partial charge in [0.25, 0.3) is 0 Å². The van der Waals surface area contributed by atoms with E-state index in [9.17, 15) is 0 Å². The fourth-order valence-electron chi connectivity index (χ4n) is 6.27. The zero-order valence-corrected chi connectivity index (χ0v) is 18.1. The van der Waals surface area contributed by atoms with E-state index in [1.807, 2.05) is 0 Å². The SMILES string of the molecule is C.CC1CC(C)(C)CC(C)(C)C1.CC1CC(C)(C)N(C)C(C)(C)C1. The average molecular weight is 340 g/mol. The standard InChI is InChI=1S/C11H23N.C11H22.CH4/c1-9-7-10(2,3)12(6)11(4,5)8-9;1-9-6-10(2,3)8-11(4,5)7-9;/h9H,7-8H2,1-6H3;9H,6-8H2,1-5H3;1H4. The summed E-state index contributed by atoms with van der Waals surface area (Å²) in [5, 5.41) is 0. The van der Waals surface area contributed by atoms with Gasteiger partial charge in [-0.2, -0.15) is 0 Å². The Morgan fingerprint density at radius 3 is 1.21 bits per heavy atom. The van der Waals surface area contributed by atoms with Gasteiger partial charge < -0.3 is 0 Å². The topological polar surface area (TPSA) is 3.24 Å². The number of piperidine rings is 1. The molecule has 0 N–H and O–H groups in total. The summed E-state index contributed by atoms with van der Waals surface area (Å²) in [4.78, 5) is 2.53.